The van der Waals surface area contributed by atoms with Crippen LogP contribution in [-0.2, 0) is 9.53 Å². The van der Waals surface area contributed by atoms with Gasteiger partial charge >= 0.3 is 5.97 Å². The molecule has 0 bridgehead atoms. The van der Waals surface area contributed by atoms with Gasteiger partial charge in [0.1, 0.15) is 6.04 Å². The van der Waals surface area contributed by atoms with Crippen molar-refractivity contribution in [2.75, 3.05) is 13.2 Å². The van der Waals surface area contributed by atoms with E-state index in [2.05, 4.69) is 10.3 Å². The van der Waals surface area contributed by atoms with Crippen LogP contribution < -0.4 is 5.32 Å². The van der Waals surface area contributed by atoms with Crippen LogP contribution in [0.1, 0.15) is 50.9 Å². The van der Waals surface area contributed by atoms with Crippen molar-refractivity contribution in [3.05, 3.63) is 18.2 Å². The van der Waals surface area contributed by atoms with Crippen LogP contribution in [0.2, 0.25) is 0 Å². The summed E-state index contributed by atoms with van der Waals surface area (Å²) in [4.78, 5) is 16.0. The number of hydrogen-bond acceptors (Lipinski definition) is 4. The number of nitrogens with one attached hydrogen (secondary N) is 1. The molecule has 0 amide bonds. The minimum atomic E-state index is -0.314. The predicted octanol–water partition coefficient (Wildman–Crippen LogP) is 1.82. The molecule has 0 spiro atoms. The summed E-state index contributed by atoms with van der Waals surface area (Å²) in [5.41, 5.74) is 1.08. The molecule has 100 valence electrons. The topological polar surface area (TPSA) is 56.2 Å². The molecule has 2 rings (SSSR count). The van der Waals surface area contributed by atoms with Crippen molar-refractivity contribution >= 4 is 5.97 Å². The number of imidazole rings is 1. The summed E-state index contributed by atoms with van der Waals surface area (Å²) in [5, 5.41) is 3.47. The first kappa shape index (κ1) is 13.1. The number of aromatic nitrogens is 2. The molecular weight excluding hydrogens is 230 g/mol. The quantitative estimate of drug-likeness (QED) is 0.829. The molecule has 1 N–H and O–H groups in total. The lowest BCUT2D eigenvalue weighted by atomic mass is 10.0. The van der Waals surface area contributed by atoms with Crippen molar-refractivity contribution in [2.24, 2.45) is 0 Å². The summed E-state index contributed by atoms with van der Waals surface area (Å²) >= 11 is 0. The van der Waals surface area contributed by atoms with Crippen molar-refractivity contribution in [1.82, 2.24) is 14.9 Å². The third kappa shape index (κ3) is 2.72. The van der Waals surface area contributed by atoms with E-state index in [0.29, 0.717) is 12.6 Å². The van der Waals surface area contributed by atoms with Crippen molar-refractivity contribution in [2.45, 2.75) is 45.2 Å². The highest BCUT2D eigenvalue weighted by molar-refractivity contribution is 5.73. The fourth-order valence-corrected chi connectivity index (χ4v) is 2.39. The number of esters is 1. The van der Waals surface area contributed by atoms with Crippen LogP contribution in [0.5, 0.6) is 0 Å². The van der Waals surface area contributed by atoms with E-state index in [-0.39, 0.29) is 12.0 Å². The second-order valence-corrected chi connectivity index (χ2v) is 4.66. The number of piperidine rings is 1. The Kier molecular flexibility index (Phi) is 4.36. The van der Waals surface area contributed by atoms with Crippen molar-refractivity contribution in [1.29, 1.82) is 0 Å². The SMILES string of the molecule is CCOC(=O)C(C)n1cncc1C1CCCCN1. The van der Waals surface area contributed by atoms with E-state index >= 15 is 0 Å². The van der Waals surface area contributed by atoms with Gasteiger partial charge in [-0.3, -0.25) is 0 Å². The molecule has 1 aliphatic rings. The van der Waals surface area contributed by atoms with Gasteiger partial charge in [-0.05, 0) is 33.2 Å². The molecule has 5 nitrogen and oxygen atoms in total. The minimum Gasteiger partial charge on any atom is -0.464 e. The van der Waals surface area contributed by atoms with E-state index in [1.165, 1.54) is 12.8 Å². The Morgan fingerprint density at radius 1 is 1.67 bits per heavy atom. The van der Waals surface area contributed by atoms with Crippen LogP contribution >= 0.6 is 0 Å². The van der Waals surface area contributed by atoms with Gasteiger partial charge in [-0.1, -0.05) is 6.42 Å². The number of carbonyl (C=O) groups excluding carboxylic acids is 1. The van der Waals surface area contributed by atoms with E-state index < -0.39 is 0 Å². The molecule has 1 fully saturated rings. The molecular formula is C13H21N3O2. The van der Waals surface area contributed by atoms with Gasteiger partial charge in [-0.2, -0.15) is 0 Å². The first-order valence-electron chi connectivity index (χ1n) is 6.65. The number of hydrogen-bond donors (Lipinski definition) is 1. The molecule has 1 aromatic rings. The molecule has 0 aliphatic carbocycles. The van der Waals surface area contributed by atoms with Gasteiger partial charge in [0.15, 0.2) is 0 Å². The molecule has 5 heteroatoms. The van der Waals surface area contributed by atoms with E-state index in [9.17, 15) is 4.79 Å². The standard InChI is InChI=1S/C13H21N3O2/c1-3-18-13(17)10(2)16-9-14-8-12(16)11-6-4-5-7-15-11/h8-11,15H,3-7H2,1-2H3. The highest BCUT2D eigenvalue weighted by atomic mass is 16.5. The average Bonchev–Trinajstić information content (AvgIpc) is 2.88. The second-order valence-electron chi connectivity index (χ2n) is 4.66. The zero-order valence-corrected chi connectivity index (χ0v) is 11.1. The third-order valence-corrected chi connectivity index (χ3v) is 3.41. The van der Waals surface area contributed by atoms with Crippen molar-refractivity contribution in [3.8, 4) is 0 Å². The summed E-state index contributed by atoms with van der Waals surface area (Å²) < 4.78 is 6.98. The monoisotopic (exact) mass is 251 g/mol. The Morgan fingerprint density at radius 3 is 3.17 bits per heavy atom. The Morgan fingerprint density at radius 2 is 2.50 bits per heavy atom. The largest absolute Gasteiger partial charge is 0.464 e. The summed E-state index contributed by atoms with van der Waals surface area (Å²) in [6.07, 6.45) is 7.10. The van der Waals surface area contributed by atoms with Gasteiger partial charge in [-0.15, -0.1) is 0 Å². The number of ether oxygens (including phenoxy) is 1. The molecule has 0 saturated carbocycles. The maximum absolute atomic E-state index is 11.8. The van der Waals surface area contributed by atoms with E-state index in [0.717, 1.165) is 18.7 Å². The van der Waals surface area contributed by atoms with E-state index in [1.54, 1.807) is 6.33 Å². The van der Waals surface area contributed by atoms with E-state index in [1.807, 2.05) is 24.6 Å². The van der Waals surface area contributed by atoms with Crippen LogP contribution in [0.4, 0.5) is 0 Å². The Balaban J connectivity index is 2.13. The lowest BCUT2D eigenvalue weighted by Crippen LogP contribution is -2.30. The molecule has 2 heterocycles. The molecule has 1 aliphatic heterocycles. The summed E-state index contributed by atoms with van der Waals surface area (Å²) in [6, 6.07) is -0.00990. The van der Waals surface area contributed by atoms with Crippen LogP contribution in [0.3, 0.4) is 0 Å². The highest BCUT2D eigenvalue weighted by Gasteiger charge is 2.24. The van der Waals surface area contributed by atoms with Gasteiger partial charge in [0.25, 0.3) is 0 Å². The zero-order chi connectivity index (χ0) is 13.0. The van der Waals surface area contributed by atoms with Crippen LogP contribution in [-0.4, -0.2) is 28.7 Å². The van der Waals surface area contributed by atoms with Crippen molar-refractivity contribution in [3.63, 3.8) is 0 Å². The first-order valence-corrected chi connectivity index (χ1v) is 6.65. The Hall–Kier alpha value is -1.36. The molecule has 1 saturated heterocycles. The number of rotatable bonds is 4. The summed E-state index contributed by atoms with van der Waals surface area (Å²) in [7, 11) is 0. The fraction of sp³-hybridized carbons (Fsp3) is 0.692. The highest BCUT2D eigenvalue weighted by Crippen LogP contribution is 2.25. The maximum Gasteiger partial charge on any atom is 0.328 e. The lowest BCUT2D eigenvalue weighted by Gasteiger charge is -2.26. The van der Waals surface area contributed by atoms with Crippen LogP contribution in [0, 0.1) is 0 Å². The van der Waals surface area contributed by atoms with Gasteiger partial charge in [-0.25, -0.2) is 9.78 Å². The number of carbonyl (C=O) groups is 1. The normalized spacial score (nSPS) is 21.6. The third-order valence-electron chi connectivity index (χ3n) is 3.41. The molecule has 1 aromatic heterocycles. The molecule has 18 heavy (non-hydrogen) atoms. The molecule has 0 radical (unpaired) electrons. The smallest absolute Gasteiger partial charge is 0.328 e. The van der Waals surface area contributed by atoms with Gasteiger partial charge in [0.2, 0.25) is 0 Å². The maximum atomic E-state index is 11.8. The molecule has 2 atom stereocenters. The molecule has 2 unspecified atom stereocenters. The lowest BCUT2D eigenvalue weighted by molar-refractivity contribution is -0.146. The first-order chi connectivity index (χ1) is 8.74. The van der Waals surface area contributed by atoms with Gasteiger partial charge in [0.05, 0.1) is 18.6 Å². The van der Waals surface area contributed by atoms with Gasteiger partial charge in [0, 0.05) is 12.2 Å². The predicted molar refractivity (Wildman–Crippen MR) is 68.2 cm³/mol. The van der Waals surface area contributed by atoms with Gasteiger partial charge < -0.3 is 14.6 Å². The minimum absolute atomic E-state index is 0.201. The van der Waals surface area contributed by atoms with E-state index in [4.69, 9.17) is 4.74 Å². The van der Waals surface area contributed by atoms with Crippen molar-refractivity contribution < 1.29 is 9.53 Å². The van der Waals surface area contributed by atoms with Crippen LogP contribution in [0.25, 0.3) is 0 Å². The fourth-order valence-electron chi connectivity index (χ4n) is 2.39. The summed E-state index contributed by atoms with van der Waals surface area (Å²) in [5.74, 6) is -0.201. The summed E-state index contributed by atoms with van der Waals surface area (Å²) in [6.45, 7) is 5.12. The molecule has 0 aromatic carbocycles. The second kappa shape index (κ2) is 6.00. The van der Waals surface area contributed by atoms with Crippen LogP contribution in [0.15, 0.2) is 12.5 Å². The Labute approximate surface area is 108 Å². The Bertz CT molecular complexity index is 397. The zero-order valence-electron chi connectivity index (χ0n) is 11.1. The average molecular weight is 251 g/mol. The number of nitrogens with zero attached hydrogens (tertiary/aromatic N) is 2.